The predicted molar refractivity (Wildman–Crippen MR) is 48.1 cm³/mol. The summed E-state index contributed by atoms with van der Waals surface area (Å²) in [6.45, 7) is 4.26. The van der Waals surface area contributed by atoms with Gasteiger partial charge in [-0.3, -0.25) is 0 Å². The molecule has 0 amide bonds. The number of hydrogen-bond donors (Lipinski definition) is 0. The number of hydrogen-bond acceptors (Lipinski definition) is 2. The van der Waals surface area contributed by atoms with Crippen LogP contribution in [0.2, 0.25) is 0 Å². The van der Waals surface area contributed by atoms with Gasteiger partial charge in [0.1, 0.15) is 6.89 Å². The van der Waals surface area contributed by atoms with Crippen LogP contribution >= 0.6 is 0 Å². The monoisotopic (exact) mass is 162 g/mol. The van der Waals surface area contributed by atoms with Gasteiger partial charge in [-0.15, -0.1) is 0 Å². The average molecular weight is 162 g/mol. The first kappa shape index (κ1) is 6.23. The highest BCUT2D eigenvalue weighted by Gasteiger charge is 2.02. The molecule has 0 aliphatic rings. The van der Waals surface area contributed by atoms with Gasteiger partial charge in [-0.05, 0) is 23.6 Å². The Balaban J connectivity index is 2.61. The van der Waals surface area contributed by atoms with E-state index in [0.29, 0.717) is 11.5 Å². The molecule has 0 unspecified atom stereocenters. The largest absolute Gasteiger partial charge is 0.443 e. The zero-order valence-corrected chi connectivity index (χ0v) is 7.16. The highest BCUT2D eigenvalue weighted by Crippen LogP contribution is 2.19. The van der Waals surface area contributed by atoms with Crippen LogP contribution in [0.5, 0.6) is 0 Å². The van der Waals surface area contributed by atoms with Crippen molar-refractivity contribution in [3.63, 3.8) is 0 Å². The first-order valence-corrected chi connectivity index (χ1v) is 4.04. The third-order valence-electron chi connectivity index (χ3n) is 1.97. The van der Waals surface area contributed by atoms with Gasteiger partial charge in [-0.2, -0.15) is 0 Å². The van der Waals surface area contributed by atoms with Crippen LogP contribution < -0.4 is 0 Å². The maximum atomic E-state index is 7.22. The highest BCUT2D eigenvalue weighted by atomic mass is 16.3. The van der Waals surface area contributed by atoms with Crippen LogP contribution in [0.25, 0.3) is 11.1 Å². The molecule has 2 rings (SSSR count). The molecule has 0 N–H and O–H groups in total. The summed E-state index contributed by atoms with van der Waals surface area (Å²) >= 11 is 0. The van der Waals surface area contributed by atoms with Crippen molar-refractivity contribution in [1.82, 2.24) is 4.98 Å². The molecule has 0 bridgehead atoms. The van der Waals surface area contributed by atoms with Crippen molar-refractivity contribution < 1.29 is 5.79 Å². The Hall–Kier alpha value is -1.31. The molecule has 0 aliphatic carbocycles. The first-order chi connectivity index (χ1) is 6.16. The van der Waals surface area contributed by atoms with Gasteiger partial charge in [0.2, 0.25) is 0 Å². The van der Waals surface area contributed by atoms with Crippen LogP contribution in [0.3, 0.4) is 0 Å². The third kappa shape index (κ3) is 1.09. The lowest BCUT2D eigenvalue weighted by Crippen LogP contribution is -1.85. The molecule has 0 saturated heterocycles. The van der Waals surface area contributed by atoms with Gasteiger partial charge in [0.05, 0.1) is 0 Å². The Kier molecular flexibility index (Phi) is 1.36. The summed E-state index contributed by atoms with van der Waals surface area (Å²) in [5, 5.41) is 0. The lowest BCUT2D eigenvalue weighted by Gasteiger charge is -2.02. The molecule has 2 heteroatoms. The topological polar surface area (TPSA) is 26.0 Å². The molecule has 2 aromatic rings. The molecular weight excluding hydrogens is 150 g/mol. The normalized spacial score (nSPS) is 12.4. The van der Waals surface area contributed by atoms with E-state index < -0.39 is 0 Å². The second kappa shape index (κ2) is 2.63. The molecule has 0 saturated carbocycles. The molecule has 0 atom stereocenters. The summed E-state index contributed by atoms with van der Waals surface area (Å²) in [5.41, 5.74) is 2.69. The summed E-state index contributed by atoms with van der Waals surface area (Å²) in [6.07, 6.45) is -0.0177. The molecule has 1 aromatic heterocycles. The molecule has 0 spiro atoms. The van der Waals surface area contributed by atoms with E-state index in [2.05, 4.69) is 18.8 Å². The van der Waals surface area contributed by atoms with Crippen molar-refractivity contribution in [1.29, 1.82) is 0 Å². The fourth-order valence-electron chi connectivity index (χ4n) is 1.19. The van der Waals surface area contributed by atoms with E-state index in [1.807, 2.05) is 18.2 Å². The minimum Gasteiger partial charge on any atom is -0.443 e. The van der Waals surface area contributed by atoms with Crippen molar-refractivity contribution in [2.75, 3.05) is 0 Å². The summed E-state index contributed by atoms with van der Waals surface area (Å²) in [7, 11) is 0. The molecule has 0 aliphatic heterocycles. The van der Waals surface area contributed by atoms with Crippen molar-refractivity contribution in [2.45, 2.75) is 19.8 Å². The summed E-state index contributed by atoms with van der Waals surface area (Å²) in [6, 6.07) is 5.86. The van der Waals surface area contributed by atoms with Gasteiger partial charge in [0.15, 0.2) is 12.0 Å². The van der Waals surface area contributed by atoms with Crippen LogP contribution in [0, 0.1) is 0 Å². The number of oxazole rings is 1. The first-order valence-electron chi connectivity index (χ1n) is 4.54. The molecule has 1 aromatic carbocycles. The summed E-state index contributed by atoms with van der Waals surface area (Å²) in [5.74, 6) is 0.482. The van der Waals surface area contributed by atoms with Gasteiger partial charge in [-0.25, -0.2) is 4.98 Å². The maximum absolute atomic E-state index is 7.22. The Labute approximate surface area is 72.6 Å². The Morgan fingerprint density at radius 1 is 1.50 bits per heavy atom. The van der Waals surface area contributed by atoms with E-state index in [4.69, 9.17) is 5.79 Å². The molecule has 1 heterocycles. The maximum Gasteiger partial charge on any atom is 0.181 e. The van der Waals surface area contributed by atoms with E-state index in [0.717, 1.165) is 5.52 Å². The zero-order chi connectivity index (χ0) is 9.42. The minimum absolute atomic E-state index is 0.0177. The van der Waals surface area contributed by atoms with Crippen molar-refractivity contribution in [3.8, 4) is 0 Å². The van der Waals surface area contributed by atoms with Crippen LogP contribution in [0.15, 0.2) is 29.0 Å². The minimum atomic E-state index is -0.0177. The Bertz CT molecular complexity index is 433. The van der Waals surface area contributed by atoms with E-state index >= 15 is 0 Å². The molecule has 62 valence electrons. The lowest BCUT2D eigenvalue weighted by atomic mass is 10.0. The van der Waals surface area contributed by atoms with Gasteiger partial charge >= 0.3 is 0 Å². The van der Waals surface area contributed by atoms with Crippen molar-refractivity contribution in [2.24, 2.45) is 0 Å². The summed E-state index contributed by atoms with van der Waals surface area (Å²) < 4.78 is 12.3. The molecule has 0 fully saturated rings. The Morgan fingerprint density at radius 3 is 3.08 bits per heavy atom. The van der Waals surface area contributed by atoms with E-state index in [1.54, 1.807) is 0 Å². The van der Waals surface area contributed by atoms with Crippen LogP contribution in [0.1, 0.15) is 26.7 Å². The van der Waals surface area contributed by atoms with Crippen LogP contribution in [0.4, 0.5) is 0 Å². The van der Waals surface area contributed by atoms with Gasteiger partial charge in [0, 0.05) is 0 Å². The fraction of sp³-hybridized carbons (Fsp3) is 0.300. The smallest absolute Gasteiger partial charge is 0.181 e. The SMILES string of the molecule is [2H]c1nc2cc(C(C)C)ccc2o1. The molecule has 2 nitrogen and oxygen atoms in total. The van der Waals surface area contributed by atoms with Gasteiger partial charge in [-0.1, -0.05) is 19.9 Å². The molecule has 0 radical (unpaired) electrons. The third-order valence-corrected chi connectivity index (χ3v) is 1.97. The second-order valence-corrected chi connectivity index (χ2v) is 3.19. The number of aromatic nitrogens is 1. The van der Waals surface area contributed by atoms with Gasteiger partial charge in [0.25, 0.3) is 0 Å². The average Bonchev–Trinajstić information content (AvgIpc) is 2.42. The van der Waals surface area contributed by atoms with E-state index in [1.165, 1.54) is 5.56 Å². The Morgan fingerprint density at radius 2 is 2.33 bits per heavy atom. The molecular formula is C10H11NO. The van der Waals surface area contributed by atoms with Crippen molar-refractivity contribution in [3.05, 3.63) is 30.1 Å². The van der Waals surface area contributed by atoms with Gasteiger partial charge < -0.3 is 4.42 Å². The van der Waals surface area contributed by atoms with Crippen LogP contribution in [-0.4, -0.2) is 4.98 Å². The van der Waals surface area contributed by atoms with E-state index in [9.17, 15) is 0 Å². The fourth-order valence-corrected chi connectivity index (χ4v) is 1.19. The lowest BCUT2D eigenvalue weighted by molar-refractivity contribution is 0.602. The number of nitrogens with zero attached hydrogens (tertiary/aromatic N) is 1. The molecule has 12 heavy (non-hydrogen) atoms. The van der Waals surface area contributed by atoms with E-state index in [-0.39, 0.29) is 6.37 Å². The second-order valence-electron chi connectivity index (χ2n) is 3.19. The number of rotatable bonds is 1. The zero-order valence-electron chi connectivity index (χ0n) is 8.16. The number of benzene rings is 1. The van der Waals surface area contributed by atoms with Crippen molar-refractivity contribution >= 4 is 11.1 Å². The summed E-state index contributed by atoms with van der Waals surface area (Å²) in [4.78, 5) is 3.96. The highest BCUT2D eigenvalue weighted by molar-refractivity contribution is 5.72. The van der Waals surface area contributed by atoms with Crippen LogP contribution in [-0.2, 0) is 0 Å². The number of fused-ring (bicyclic) bond motifs is 1. The quantitative estimate of drug-likeness (QED) is 0.644. The standard InChI is InChI=1S/C10H11NO/c1-7(2)8-3-4-10-9(5-8)11-6-12-10/h3-7H,1-2H3/i6D. The predicted octanol–water partition coefficient (Wildman–Crippen LogP) is 2.95.